The van der Waals surface area contributed by atoms with Gasteiger partial charge in [0.15, 0.2) is 0 Å². The van der Waals surface area contributed by atoms with Crippen LogP contribution in [0.3, 0.4) is 0 Å². The molecule has 2 heterocycles. The highest BCUT2D eigenvalue weighted by Gasteiger charge is 2.14. The van der Waals surface area contributed by atoms with Gasteiger partial charge in [-0.3, -0.25) is 4.98 Å². The first-order valence-electron chi connectivity index (χ1n) is 8.39. The Morgan fingerprint density at radius 1 is 1.12 bits per heavy atom. The van der Waals surface area contributed by atoms with E-state index in [0.717, 1.165) is 17.5 Å². The number of urea groups is 1. The molecule has 26 heavy (non-hydrogen) atoms. The molecule has 0 saturated heterocycles. The first-order chi connectivity index (χ1) is 12.7. The number of pyridine rings is 1. The Kier molecular flexibility index (Phi) is 6.33. The number of benzene rings is 1. The summed E-state index contributed by atoms with van der Waals surface area (Å²) in [5.41, 5.74) is 1.84. The summed E-state index contributed by atoms with van der Waals surface area (Å²) in [6, 6.07) is 13.9. The van der Waals surface area contributed by atoms with Crippen LogP contribution in [0.15, 0.2) is 66.3 Å². The van der Waals surface area contributed by atoms with E-state index < -0.39 is 0 Å². The van der Waals surface area contributed by atoms with Crippen molar-refractivity contribution in [1.29, 1.82) is 0 Å². The Balaban J connectivity index is 1.62. The number of aromatic nitrogens is 1. The minimum Gasteiger partial charge on any atom is -0.334 e. The number of thiophene rings is 1. The normalized spacial score (nSPS) is 10.5. The molecule has 3 rings (SSSR count). The van der Waals surface area contributed by atoms with Crippen molar-refractivity contribution in [3.05, 3.63) is 88.1 Å². The summed E-state index contributed by atoms with van der Waals surface area (Å²) in [6.07, 6.45) is 4.29. The average molecular weight is 369 g/mol. The summed E-state index contributed by atoms with van der Waals surface area (Å²) in [6.45, 7) is 1.47. The first-order valence-corrected chi connectivity index (χ1v) is 9.27. The molecule has 2 aromatic heterocycles. The second-order valence-corrected chi connectivity index (χ2v) is 6.93. The van der Waals surface area contributed by atoms with E-state index in [9.17, 15) is 9.18 Å². The molecule has 4 nitrogen and oxygen atoms in total. The van der Waals surface area contributed by atoms with E-state index in [1.165, 1.54) is 17.0 Å². The fourth-order valence-electron chi connectivity index (χ4n) is 2.56. The molecule has 0 unspecified atom stereocenters. The summed E-state index contributed by atoms with van der Waals surface area (Å²) in [5.74, 6) is -0.283. The smallest absolute Gasteiger partial charge is 0.317 e. The monoisotopic (exact) mass is 369 g/mol. The molecule has 1 N–H and O–H groups in total. The Morgan fingerprint density at radius 2 is 1.96 bits per heavy atom. The van der Waals surface area contributed by atoms with Gasteiger partial charge in [0, 0.05) is 36.9 Å². The summed E-state index contributed by atoms with van der Waals surface area (Å²) in [7, 11) is 0. The lowest BCUT2D eigenvalue weighted by atomic mass is 10.2. The minimum atomic E-state index is -0.283. The van der Waals surface area contributed by atoms with Crippen LogP contribution in [0.2, 0.25) is 0 Å². The van der Waals surface area contributed by atoms with Crippen LogP contribution in [-0.2, 0) is 19.5 Å². The predicted molar refractivity (Wildman–Crippen MR) is 101 cm³/mol. The van der Waals surface area contributed by atoms with E-state index in [2.05, 4.69) is 16.4 Å². The summed E-state index contributed by atoms with van der Waals surface area (Å²) in [5, 5.41) is 4.95. The number of amides is 2. The number of nitrogens with one attached hydrogen (secondary N) is 1. The topological polar surface area (TPSA) is 45.2 Å². The standard InChI is InChI=1S/C20H20FN3OS/c21-18-7-5-16(6-8-18)14-23-20(25)24(11-9-19-4-2-12-26-19)15-17-3-1-10-22-13-17/h1-8,10,12-13H,9,11,14-15H2,(H,23,25). The SMILES string of the molecule is O=C(NCc1ccc(F)cc1)N(CCc1cccs1)Cc1cccnc1. The number of halogens is 1. The molecule has 0 saturated carbocycles. The highest BCUT2D eigenvalue weighted by Crippen LogP contribution is 2.12. The number of carbonyl (C=O) groups is 1. The zero-order valence-electron chi connectivity index (χ0n) is 14.3. The van der Waals surface area contributed by atoms with Gasteiger partial charge in [-0.2, -0.15) is 0 Å². The molecular formula is C20H20FN3OS. The summed E-state index contributed by atoms with van der Waals surface area (Å²) >= 11 is 1.69. The van der Waals surface area contributed by atoms with E-state index in [0.29, 0.717) is 19.6 Å². The molecule has 0 atom stereocenters. The van der Waals surface area contributed by atoms with E-state index in [1.54, 1.807) is 40.8 Å². The molecule has 3 aromatic rings. The van der Waals surface area contributed by atoms with Crippen LogP contribution in [0.25, 0.3) is 0 Å². The third-order valence-corrected chi connectivity index (χ3v) is 4.88. The lowest BCUT2D eigenvalue weighted by molar-refractivity contribution is 0.195. The van der Waals surface area contributed by atoms with Gasteiger partial charge in [0.05, 0.1) is 0 Å². The number of nitrogens with zero attached hydrogens (tertiary/aromatic N) is 2. The van der Waals surface area contributed by atoms with Gasteiger partial charge in [-0.15, -0.1) is 11.3 Å². The molecule has 0 aliphatic rings. The largest absolute Gasteiger partial charge is 0.334 e. The maximum Gasteiger partial charge on any atom is 0.317 e. The molecule has 2 amide bonds. The maximum absolute atomic E-state index is 13.0. The van der Waals surface area contributed by atoms with Gasteiger partial charge in [0.25, 0.3) is 0 Å². The minimum absolute atomic E-state index is 0.144. The second kappa shape index (κ2) is 9.10. The molecule has 0 aliphatic carbocycles. The molecule has 0 aliphatic heterocycles. The van der Waals surface area contributed by atoms with Crippen molar-refractivity contribution in [1.82, 2.24) is 15.2 Å². The van der Waals surface area contributed by atoms with Gasteiger partial charge in [-0.1, -0.05) is 24.3 Å². The predicted octanol–water partition coefficient (Wildman–Crippen LogP) is 4.24. The van der Waals surface area contributed by atoms with Gasteiger partial charge < -0.3 is 10.2 Å². The Hall–Kier alpha value is -2.73. The molecule has 134 valence electrons. The fraction of sp³-hybridized carbons (Fsp3) is 0.200. The van der Waals surface area contributed by atoms with Gasteiger partial charge in [-0.05, 0) is 47.2 Å². The Bertz CT molecular complexity index is 807. The molecule has 0 spiro atoms. The third kappa shape index (κ3) is 5.39. The van der Waals surface area contributed by atoms with Gasteiger partial charge in [-0.25, -0.2) is 9.18 Å². The van der Waals surface area contributed by atoms with Gasteiger partial charge >= 0.3 is 6.03 Å². The Morgan fingerprint density at radius 3 is 2.65 bits per heavy atom. The van der Waals surface area contributed by atoms with E-state index in [-0.39, 0.29) is 11.8 Å². The third-order valence-electron chi connectivity index (χ3n) is 3.95. The zero-order valence-corrected chi connectivity index (χ0v) is 15.1. The van der Waals surface area contributed by atoms with E-state index >= 15 is 0 Å². The van der Waals surface area contributed by atoms with Crippen molar-refractivity contribution >= 4 is 17.4 Å². The quantitative estimate of drug-likeness (QED) is 0.677. The first kappa shape index (κ1) is 18.1. The van der Waals surface area contributed by atoms with Crippen LogP contribution >= 0.6 is 11.3 Å². The number of hydrogen-bond acceptors (Lipinski definition) is 3. The summed E-state index contributed by atoms with van der Waals surface area (Å²) < 4.78 is 13.0. The van der Waals surface area contributed by atoms with Crippen LogP contribution < -0.4 is 5.32 Å². The maximum atomic E-state index is 13.0. The van der Waals surface area contributed by atoms with Crippen molar-refractivity contribution in [2.24, 2.45) is 0 Å². The fourth-order valence-corrected chi connectivity index (χ4v) is 3.25. The number of carbonyl (C=O) groups excluding carboxylic acids is 1. The molecule has 1 aromatic carbocycles. The second-order valence-electron chi connectivity index (χ2n) is 5.90. The number of rotatable bonds is 7. The van der Waals surface area contributed by atoms with E-state index in [4.69, 9.17) is 0 Å². The Labute approximate surface area is 156 Å². The summed E-state index contributed by atoms with van der Waals surface area (Å²) in [4.78, 5) is 19.8. The van der Waals surface area contributed by atoms with Crippen molar-refractivity contribution in [3.8, 4) is 0 Å². The van der Waals surface area contributed by atoms with Gasteiger partial charge in [0.1, 0.15) is 5.82 Å². The van der Waals surface area contributed by atoms with Crippen LogP contribution in [-0.4, -0.2) is 22.5 Å². The van der Waals surface area contributed by atoms with Crippen molar-refractivity contribution < 1.29 is 9.18 Å². The lowest BCUT2D eigenvalue weighted by Crippen LogP contribution is -2.40. The lowest BCUT2D eigenvalue weighted by Gasteiger charge is -2.23. The molecule has 0 radical (unpaired) electrons. The van der Waals surface area contributed by atoms with Crippen molar-refractivity contribution in [3.63, 3.8) is 0 Å². The van der Waals surface area contributed by atoms with Crippen LogP contribution in [0.1, 0.15) is 16.0 Å². The average Bonchev–Trinajstić information content (AvgIpc) is 3.19. The van der Waals surface area contributed by atoms with E-state index in [1.807, 2.05) is 23.6 Å². The van der Waals surface area contributed by atoms with Crippen LogP contribution in [0.4, 0.5) is 9.18 Å². The van der Waals surface area contributed by atoms with Crippen LogP contribution in [0, 0.1) is 5.82 Å². The highest BCUT2D eigenvalue weighted by atomic mass is 32.1. The zero-order chi connectivity index (χ0) is 18.2. The molecule has 6 heteroatoms. The molecule has 0 fully saturated rings. The molecular weight excluding hydrogens is 349 g/mol. The van der Waals surface area contributed by atoms with Gasteiger partial charge in [0.2, 0.25) is 0 Å². The van der Waals surface area contributed by atoms with Crippen LogP contribution in [0.5, 0.6) is 0 Å². The van der Waals surface area contributed by atoms with Crippen molar-refractivity contribution in [2.75, 3.05) is 6.54 Å². The van der Waals surface area contributed by atoms with Crippen molar-refractivity contribution in [2.45, 2.75) is 19.5 Å². The molecule has 0 bridgehead atoms. The number of hydrogen-bond donors (Lipinski definition) is 1. The highest BCUT2D eigenvalue weighted by molar-refractivity contribution is 7.09.